The van der Waals surface area contributed by atoms with Crippen molar-refractivity contribution < 1.29 is 23.1 Å². The summed E-state index contributed by atoms with van der Waals surface area (Å²) < 4.78 is 38.2. The van der Waals surface area contributed by atoms with Gasteiger partial charge in [0.15, 0.2) is 0 Å². The molecule has 1 aliphatic rings. The van der Waals surface area contributed by atoms with E-state index in [-0.39, 0.29) is 5.69 Å². The van der Waals surface area contributed by atoms with Crippen LogP contribution in [0.15, 0.2) is 42.5 Å². The van der Waals surface area contributed by atoms with Crippen molar-refractivity contribution in [3.05, 3.63) is 59.2 Å². The van der Waals surface area contributed by atoms with Crippen LogP contribution >= 0.6 is 0 Å². The first kappa shape index (κ1) is 17.3. The molecule has 4 nitrogen and oxygen atoms in total. The standard InChI is InChI=1S/C18H17F3N2O2/c19-18(20,21)12-4-2-5-13(9-12)22-17(25)23-16-6-1-3-11-7-8-14(24)10-15(11)16/h1-6,9,14,24H,7-8,10H2,(H2,22,23,25)/t14-/m0/s1. The normalized spacial score (nSPS) is 16.9. The molecule has 0 bridgehead atoms. The summed E-state index contributed by atoms with van der Waals surface area (Å²) in [7, 11) is 0. The van der Waals surface area contributed by atoms with Crippen LogP contribution in [-0.4, -0.2) is 17.2 Å². The average molecular weight is 350 g/mol. The third-order valence-corrected chi connectivity index (χ3v) is 4.16. The Labute approximate surface area is 142 Å². The molecule has 0 fully saturated rings. The molecule has 2 aromatic rings. The number of halogens is 3. The van der Waals surface area contributed by atoms with Crippen LogP contribution in [0.2, 0.25) is 0 Å². The number of nitrogens with one attached hydrogen (secondary N) is 2. The zero-order valence-corrected chi connectivity index (χ0v) is 13.2. The highest BCUT2D eigenvalue weighted by Gasteiger charge is 2.30. The van der Waals surface area contributed by atoms with E-state index in [1.54, 1.807) is 12.1 Å². The Morgan fingerprint density at radius 1 is 1.12 bits per heavy atom. The Bertz CT molecular complexity index is 790. The minimum atomic E-state index is -4.47. The monoisotopic (exact) mass is 350 g/mol. The third kappa shape index (κ3) is 4.11. The van der Waals surface area contributed by atoms with E-state index in [0.29, 0.717) is 18.5 Å². The number of carbonyl (C=O) groups excluding carboxylic acids is 1. The second kappa shape index (κ2) is 6.76. The molecule has 25 heavy (non-hydrogen) atoms. The van der Waals surface area contributed by atoms with Crippen LogP contribution in [0.25, 0.3) is 0 Å². The van der Waals surface area contributed by atoms with Crippen molar-refractivity contribution in [1.29, 1.82) is 0 Å². The van der Waals surface area contributed by atoms with Gasteiger partial charge in [-0.3, -0.25) is 0 Å². The number of alkyl halides is 3. The molecule has 2 amide bonds. The van der Waals surface area contributed by atoms with Gasteiger partial charge in [0, 0.05) is 17.8 Å². The van der Waals surface area contributed by atoms with E-state index in [9.17, 15) is 23.1 Å². The summed E-state index contributed by atoms with van der Waals surface area (Å²) >= 11 is 0. The van der Waals surface area contributed by atoms with Gasteiger partial charge in [-0.1, -0.05) is 18.2 Å². The number of aryl methyl sites for hydroxylation is 1. The van der Waals surface area contributed by atoms with Gasteiger partial charge in [0.25, 0.3) is 0 Å². The van der Waals surface area contributed by atoms with E-state index in [4.69, 9.17) is 0 Å². The molecule has 0 saturated heterocycles. The number of benzene rings is 2. The minimum absolute atomic E-state index is 0.0529. The highest BCUT2D eigenvalue weighted by atomic mass is 19.4. The fraction of sp³-hybridized carbons (Fsp3) is 0.278. The lowest BCUT2D eigenvalue weighted by Gasteiger charge is -2.23. The number of aliphatic hydroxyl groups excluding tert-OH is 1. The van der Waals surface area contributed by atoms with Gasteiger partial charge < -0.3 is 15.7 Å². The Morgan fingerprint density at radius 2 is 1.88 bits per heavy atom. The molecule has 2 aromatic carbocycles. The average Bonchev–Trinajstić information content (AvgIpc) is 2.55. The minimum Gasteiger partial charge on any atom is -0.393 e. The summed E-state index contributed by atoms with van der Waals surface area (Å²) in [5.74, 6) is 0. The number of anilines is 2. The smallest absolute Gasteiger partial charge is 0.393 e. The Balaban J connectivity index is 1.74. The summed E-state index contributed by atoms with van der Waals surface area (Å²) in [6, 6.07) is 9.27. The Kier molecular flexibility index (Phi) is 4.67. The van der Waals surface area contributed by atoms with Gasteiger partial charge in [-0.05, 0) is 48.2 Å². The van der Waals surface area contributed by atoms with Crippen LogP contribution in [0.5, 0.6) is 0 Å². The highest BCUT2D eigenvalue weighted by Crippen LogP contribution is 2.31. The molecule has 0 aliphatic heterocycles. The largest absolute Gasteiger partial charge is 0.416 e. The molecule has 132 valence electrons. The summed E-state index contributed by atoms with van der Waals surface area (Å²) in [5.41, 5.74) is 1.70. The SMILES string of the molecule is O=C(Nc1cccc(C(F)(F)F)c1)Nc1cccc2c1C[C@@H](O)CC2. The second-order valence-electron chi connectivity index (χ2n) is 6.00. The van der Waals surface area contributed by atoms with Crippen LogP contribution < -0.4 is 10.6 Å². The number of urea groups is 1. The predicted molar refractivity (Wildman–Crippen MR) is 88.6 cm³/mol. The van der Waals surface area contributed by atoms with Gasteiger partial charge in [-0.15, -0.1) is 0 Å². The molecule has 0 unspecified atom stereocenters. The van der Waals surface area contributed by atoms with E-state index < -0.39 is 23.9 Å². The van der Waals surface area contributed by atoms with E-state index >= 15 is 0 Å². The van der Waals surface area contributed by atoms with Gasteiger partial charge in [0.2, 0.25) is 0 Å². The predicted octanol–water partition coefficient (Wildman–Crippen LogP) is 4.20. The molecule has 3 rings (SSSR count). The number of fused-ring (bicyclic) bond motifs is 1. The quantitative estimate of drug-likeness (QED) is 0.760. The maximum atomic E-state index is 12.7. The lowest BCUT2D eigenvalue weighted by atomic mass is 9.88. The van der Waals surface area contributed by atoms with Crippen molar-refractivity contribution in [1.82, 2.24) is 0 Å². The number of hydrogen-bond donors (Lipinski definition) is 3. The number of aliphatic hydroxyl groups is 1. The van der Waals surface area contributed by atoms with E-state index in [0.717, 1.165) is 29.7 Å². The van der Waals surface area contributed by atoms with Crippen molar-refractivity contribution in [3.63, 3.8) is 0 Å². The van der Waals surface area contributed by atoms with Gasteiger partial charge in [-0.25, -0.2) is 4.79 Å². The van der Waals surface area contributed by atoms with Gasteiger partial charge in [0.05, 0.1) is 11.7 Å². The maximum Gasteiger partial charge on any atom is 0.416 e. The van der Waals surface area contributed by atoms with Crippen LogP contribution in [-0.2, 0) is 19.0 Å². The molecule has 3 N–H and O–H groups in total. The molecule has 1 atom stereocenters. The first-order valence-electron chi connectivity index (χ1n) is 7.87. The zero-order valence-electron chi connectivity index (χ0n) is 13.2. The highest BCUT2D eigenvalue weighted by molar-refractivity contribution is 6.00. The van der Waals surface area contributed by atoms with E-state index in [2.05, 4.69) is 10.6 Å². The molecular weight excluding hydrogens is 333 g/mol. The van der Waals surface area contributed by atoms with Crippen LogP contribution in [0.1, 0.15) is 23.1 Å². The summed E-state index contributed by atoms with van der Waals surface area (Å²) in [5, 5.41) is 14.9. The van der Waals surface area contributed by atoms with Crippen molar-refractivity contribution in [3.8, 4) is 0 Å². The van der Waals surface area contributed by atoms with Crippen molar-refractivity contribution >= 4 is 17.4 Å². The van der Waals surface area contributed by atoms with Crippen LogP contribution in [0.3, 0.4) is 0 Å². The fourth-order valence-corrected chi connectivity index (χ4v) is 2.94. The topological polar surface area (TPSA) is 61.4 Å². The summed E-state index contributed by atoms with van der Waals surface area (Å²) in [4.78, 5) is 12.1. The van der Waals surface area contributed by atoms with Crippen LogP contribution in [0.4, 0.5) is 29.3 Å². The lowest BCUT2D eigenvalue weighted by molar-refractivity contribution is -0.137. The Hall–Kier alpha value is -2.54. The molecule has 0 saturated carbocycles. The first-order valence-corrected chi connectivity index (χ1v) is 7.87. The van der Waals surface area contributed by atoms with Crippen molar-refractivity contribution in [2.75, 3.05) is 10.6 Å². The fourth-order valence-electron chi connectivity index (χ4n) is 2.94. The molecule has 0 heterocycles. The van der Waals surface area contributed by atoms with Gasteiger partial charge >= 0.3 is 12.2 Å². The molecule has 7 heteroatoms. The van der Waals surface area contributed by atoms with E-state index in [1.165, 1.54) is 12.1 Å². The molecule has 0 radical (unpaired) electrons. The molecule has 0 aromatic heterocycles. The Morgan fingerprint density at radius 3 is 2.64 bits per heavy atom. The number of carbonyl (C=O) groups is 1. The molecular formula is C18H17F3N2O2. The van der Waals surface area contributed by atoms with Gasteiger partial charge in [-0.2, -0.15) is 13.2 Å². The zero-order chi connectivity index (χ0) is 18.0. The van der Waals surface area contributed by atoms with Crippen LogP contribution in [0, 0.1) is 0 Å². The van der Waals surface area contributed by atoms with Crippen molar-refractivity contribution in [2.24, 2.45) is 0 Å². The molecule has 1 aliphatic carbocycles. The third-order valence-electron chi connectivity index (χ3n) is 4.16. The van der Waals surface area contributed by atoms with E-state index in [1.807, 2.05) is 6.07 Å². The summed E-state index contributed by atoms with van der Waals surface area (Å²) in [6.45, 7) is 0. The van der Waals surface area contributed by atoms with Crippen molar-refractivity contribution in [2.45, 2.75) is 31.5 Å². The molecule has 0 spiro atoms. The maximum absolute atomic E-state index is 12.7. The first-order chi connectivity index (χ1) is 11.8. The van der Waals surface area contributed by atoms with Gasteiger partial charge in [0.1, 0.15) is 0 Å². The second-order valence-corrected chi connectivity index (χ2v) is 6.00. The number of rotatable bonds is 2. The number of hydrogen-bond acceptors (Lipinski definition) is 2. The lowest BCUT2D eigenvalue weighted by Crippen LogP contribution is -2.24. The summed E-state index contributed by atoms with van der Waals surface area (Å²) in [6.07, 6.45) is -3.09. The number of amides is 2.